The highest BCUT2D eigenvalue weighted by atomic mass is 79.9. The summed E-state index contributed by atoms with van der Waals surface area (Å²) in [5, 5.41) is 0. The minimum Gasteiger partial charge on any atom is -0.496 e. The van der Waals surface area contributed by atoms with Crippen molar-refractivity contribution < 1.29 is 4.74 Å². The van der Waals surface area contributed by atoms with Crippen LogP contribution in [0.2, 0.25) is 0 Å². The summed E-state index contributed by atoms with van der Waals surface area (Å²) >= 11 is 8.72. The highest BCUT2D eigenvalue weighted by Gasteiger charge is 2.22. The second-order valence-electron chi connectivity index (χ2n) is 4.51. The van der Waals surface area contributed by atoms with Gasteiger partial charge in [-0.15, -0.1) is 11.3 Å². The van der Waals surface area contributed by atoms with Crippen LogP contribution in [0.25, 0.3) is 0 Å². The summed E-state index contributed by atoms with van der Waals surface area (Å²) in [6.07, 6.45) is 0. The average Bonchev–Trinajstić information content (AvgIpc) is 2.74. The lowest BCUT2D eigenvalue weighted by atomic mass is 9.96. The van der Waals surface area contributed by atoms with E-state index in [0.29, 0.717) is 0 Å². The fraction of sp³-hybridized carbons (Fsp3) is 0.286. The van der Waals surface area contributed by atoms with Gasteiger partial charge in [0.15, 0.2) is 0 Å². The first kappa shape index (κ1) is 16.0. The molecule has 2 rings (SSSR count). The van der Waals surface area contributed by atoms with Crippen LogP contribution in [0.1, 0.15) is 28.3 Å². The second-order valence-corrected chi connectivity index (χ2v) is 8.26. The zero-order valence-corrected chi connectivity index (χ0v) is 15.4. The molecule has 20 heavy (non-hydrogen) atoms. The van der Waals surface area contributed by atoms with Gasteiger partial charge in [-0.3, -0.25) is 5.84 Å². The molecule has 0 radical (unpaired) electrons. The van der Waals surface area contributed by atoms with Crippen molar-refractivity contribution in [3.63, 3.8) is 0 Å². The van der Waals surface area contributed by atoms with Crippen LogP contribution < -0.4 is 16.0 Å². The third-order valence-corrected chi connectivity index (χ3v) is 5.77. The summed E-state index contributed by atoms with van der Waals surface area (Å²) < 4.78 is 7.70. The van der Waals surface area contributed by atoms with E-state index in [9.17, 15) is 0 Å². The van der Waals surface area contributed by atoms with E-state index in [2.05, 4.69) is 69.3 Å². The Balaban J connectivity index is 2.58. The van der Waals surface area contributed by atoms with Gasteiger partial charge in [0.1, 0.15) is 5.75 Å². The molecule has 6 heteroatoms. The maximum Gasteiger partial charge on any atom is 0.127 e. The zero-order valence-electron chi connectivity index (χ0n) is 11.5. The lowest BCUT2D eigenvalue weighted by Gasteiger charge is -2.21. The fourth-order valence-electron chi connectivity index (χ4n) is 2.21. The molecule has 0 saturated heterocycles. The van der Waals surface area contributed by atoms with Crippen LogP contribution in [0.3, 0.4) is 0 Å². The van der Waals surface area contributed by atoms with Gasteiger partial charge in [-0.2, -0.15) is 0 Å². The van der Waals surface area contributed by atoms with Crippen LogP contribution in [0.5, 0.6) is 5.75 Å². The molecule has 2 aromatic rings. The van der Waals surface area contributed by atoms with E-state index < -0.39 is 0 Å². The van der Waals surface area contributed by atoms with E-state index in [-0.39, 0.29) is 6.04 Å². The summed E-state index contributed by atoms with van der Waals surface area (Å²) in [7, 11) is 1.69. The van der Waals surface area contributed by atoms with Crippen molar-refractivity contribution in [1.29, 1.82) is 0 Å². The molecule has 0 spiro atoms. The molecule has 1 unspecified atom stereocenters. The maximum atomic E-state index is 5.79. The number of halogens is 2. The van der Waals surface area contributed by atoms with E-state index in [1.54, 1.807) is 18.4 Å². The molecule has 1 aromatic carbocycles. The highest BCUT2D eigenvalue weighted by molar-refractivity contribution is 9.12. The quantitative estimate of drug-likeness (QED) is 0.568. The highest BCUT2D eigenvalue weighted by Crippen LogP contribution is 2.41. The van der Waals surface area contributed by atoms with Crippen molar-refractivity contribution in [3.05, 3.63) is 48.0 Å². The Labute approximate surface area is 139 Å². The monoisotopic (exact) mass is 418 g/mol. The van der Waals surface area contributed by atoms with E-state index >= 15 is 0 Å². The normalized spacial score (nSPS) is 12.5. The van der Waals surface area contributed by atoms with Gasteiger partial charge < -0.3 is 4.74 Å². The Kier molecular flexibility index (Phi) is 5.25. The maximum absolute atomic E-state index is 5.79. The molecule has 0 fully saturated rings. The standard InChI is InChI=1S/C14H16Br2N2OS/c1-7-4-5-9(13(19-3)8(7)2)12(18-17)10-6-11(15)20-14(10)16/h4-6,12,18H,17H2,1-3H3. The molecule has 1 aromatic heterocycles. The lowest BCUT2D eigenvalue weighted by molar-refractivity contribution is 0.400. The van der Waals surface area contributed by atoms with Crippen molar-refractivity contribution in [2.75, 3.05) is 7.11 Å². The predicted octanol–water partition coefficient (Wildman–Crippen LogP) is 4.45. The third-order valence-electron chi connectivity index (χ3n) is 3.38. The number of hydrogen-bond donors (Lipinski definition) is 2. The molecule has 108 valence electrons. The Hall–Kier alpha value is -0.400. The van der Waals surface area contributed by atoms with Gasteiger partial charge in [-0.1, -0.05) is 12.1 Å². The molecule has 0 aliphatic carbocycles. The zero-order chi connectivity index (χ0) is 14.9. The number of hydrazine groups is 1. The number of nitrogens with two attached hydrogens (primary N) is 1. The van der Waals surface area contributed by atoms with E-state index in [1.165, 1.54) is 5.56 Å². The number of ether oxygens (including phenoxy) is 1. The first-order valence-electron chi connectivity index (χ1n) is 6.04. The first-order valence-corrected chi connectivity index (χ1v) is 8.44. The molecular weight excluding hydrogens is 404 g/mol. The molecule has 0 aliphatic rings. The van der Waals surface area contributed by atoms with Crippen LogP contribution in [-0.4, -0.2) is 7.11 Å². The van der Waals surface area contributed by atoms with Crippen LogP contribution in [0.4, 0.5) is 0 Å². The van der Waals surface area contributed by atoms with Gasteiger partial charge in [0, 0.05) is 11.1 Å². The van der Waals surface area contributed by atoms with Gasteiger partial charge >= 0.3 is 0 Å². The fourth-order valence-corrected chi connectivity index (χ4v) is 5.11. The number of methoxy groups -OCH3 is 1. The van der Waals surface area contributed by atoms with Crippen LogP contribution in [0.15, 0.2) is 25.8 Å². The number of hydrogen-bond acceptors (Lipinski definition) is 4. The molecule has 0 saturated carbocycles. The Morgan fingerprint density at radius 2 is 1.95 bits per heavy atom. The largest absolute Gasteiger partial charge is 0.496 e. The molecule has 1 heterocycles. The van der Waals surface area contributed by atoms with Gasteiger partial charge in [0.2, 0.25) is 0 Å². The predicted molar refractivity (Wildman–Crippen MR) is 91.4 cm³/mol. The average molecular weight is 420 g/mol. The summed E-state index contributed by atoms with van der Waals surface area (Å²) in [5.41, 5.74) is 7.34. The van der Waals surface area contributed by atoms with Crippen molar-refractivity contribution in [3.8, 4) is 5.75 Å². The van der Waals surface area contributed by atoms with Crippen molar-refractivity contribution in [2.45, 2.75) is 19.9 Å². The summed E-state index contributed by atoms with van der Waals surface area (Å²) in [6, 6.07) is 6.09. The van der Waals surface area contributed by atoms with Crippen LogP contribution in [0, 0.1) is 13.8 Å². The second kappa shape index (κ2) is 6.58. The summed E-state index contributed by atoms with van der Waals surface area (Å²) in [6.45, 7) is 4.13. The number of rotatable bonds is 4. The third kappa shape index (κ3) is 2.94. The minimum atomic E-state index is -0.124. The number of aryl methyl sites for hydroxylation is 1. The topological polar surface area (TPSA) is 47.3 Å². The minimum absolute atomic E-state index is 0.124. The van der Waals surface area contributed by atoms with Gasteiger partial charge in [0.05, 0.1) is 20.7 Å². The van der Waals surface area contributed by atoms with Crippen molar-refractivity contribution in [2.24, 2.45) is 5.84 Å². The molecule has 0 bridgehead atoms. The number of benzene rings is 1. The Morgan fingerprint density at radius 3 is 2.45 bits per heavy atom. The van der Waals surface area contributed by atoms with E-state index in [0.717, 1.165) is 30.0 Å². The van der Waals surface area contributed by atoms with Crippen LogP contribution >= 0.6 is 43.2 Å². The smallest absolute Gasteiger partial charge is 0.127 e. The summed E-state index contributed by atoms with van der Waals surface area (Å²) in [5.74, 6) is 6.67. The summed E-state index contributed by atoms with van der Waals surface area (Å²) in [4.78, 5) is 0. The molecular formula is C14H16Br2N2OS. The molecule has 0 aliphatic heterocycles. The molecule has 3 nitrogen and oxygen atoms in total. The number of thiophene rings is 1. The lowest BCUT2D eigenvalue weighted by Crippen LogP contribution is -2.29. The van der Waals surface area contributed by atoms with E-state index in [1.807, 2.05) is 0 Å². The van der Waals surface area contributed by atoms with Crippen molar-refractivity contribution in [1.82, 2.24) is 5.43 Å². The molecule has 1 atom stereocenters. The Bertz CT molecular complexity index is 628. The van der Waals surface area contributed by atoms with Crippen molar-refractivity contribution >= 4 is 43.2 Å². The van der Waals surface area contributed by atoms with Crippen LogP contribution in [-0.2, 0) is 0 Å². The van der Waals surface area contributed by atoms with E-state index in [4.69, 9.17) is 10.6 Å². The molecule has 0 amide bonds. The van der Waals surface area contributed by atoms with Gasteiger partial charge in [-0.05, 0) is 62.9 Å². The first-order chi connectivity index (χ1) is 9.49. The molecule has 3 N–H and O–H groups in total. The number of nitrogens with one attached hydrogen (secondary N) is 1. The van der Waals surface area contributed by atoms with Gasteiger partial charge in [-0.25, -0.2) is 5.43 Å². The van der Waals surface area contributed by atoms with Gasteiger partial charge in [0.25, 0.3) is 0 Å². The Morgan fingerprint density at radius 1 is 1.25 bits per heavy atom. The SMILES string of the molecule is COc1c(C(NN)c2cc(Br)sc2Br)ccc(C)c1C.